The number of carbonyl (C=O) groups excluding carboxylic acids is 1. The topological polar surface area (TPSA) is 81.5 Å². The molecule has 0 heterocycles. The van der Waals surface area contributed by atoms with E-state index >= 15 is 0 Å². The van der Waals surface area contributed by atoms with Crippen LogP contribution in [0.5, 0.6) is 0 Å². The normalized spacial score (nSPS) is 21.6. The van der Waals surface area contributed by atoms with Crippen molar-refractivity contribution in [2.24, 2.45) is 0 Å². The number of amides is 1. The number of hydrogen-bond acceptors (Lipinski definition) is 4. The molecular formula is C12H13ClN2O4. The molecule has 0 aliphatic heterocycles. The molecule has 0 aromatic heterocycles. The van der Waals surface area contributed by atoms with Crippen molar-refractivity contribution in [3.05, 3.63) is 38.9 Å². The van der Waals surface area contributed by atoms with Crippen LogP contribution >= 0.6 is 11.6 Å². The third-order valence-corrected chi connectivity index (χ3v) is 3.58. The van der Waals surface area contributed by atoms with E-state index in [1.165, 1.54) is 18.2 Å². The summed E-state index contributed by atoms with van der Waals surface area (Å²) >= 11 is 5.87. The molecule has 1 aliphatic carbocycles. The summed E-state index contributed by atoms with van der Waals surface area (Å²) in [5, 5.41) is 13.4. The number of nitro benzene ring substituents is 1. The van der Waals surface area contributed by atoms with Gasteiger partial charge < -0.3 is 10.1 Å². The molecule has 2 rings (SSSR count). The van der Waals surface area contributed by atoms with E-state index in [0.29, 0.717) is 0 Å². The average Bonchev–Trinajstić information content (AvgIpc) is 2.32. The molecule has 0 bridgehead atoms. The number of halogens is 1. The van der Waals surface area contributed by atoms with Gasteiger partial charge in [-0.25, -0.2) is 0 Å². The number of carbonyl (C=O) groups is 1. The van der Waals surface area contributed by atoms with Gasteiger partial charge in [0.2, 0.25) is 0 Å². The molecule has 1 aromatic rings. The van der Waals surface area contributed by atoms with Crippen LogP contribution in [0.4, 0.5) is 5.69 Å². The predicted octanol–water partition coefficient (Wildman–Crippen LogP) is 2.16. The van der Waals surface area contributed by atoms with Gasteiger partial charge in [-0.3, -0.25) is 14.9 Å². The Kier molecular flexibility index (Phi) is 4.01. The summed E-state index contributed by atoms with van der Waals surface area (Å²) in [5.74, 6) is -0.395. The quantitative estimate of drug-likeness (QED) is 0.678. The van der Waals surface area contributed by atoms with Gasteiger partial charge >= 0.3 is 0 Å². The van der Waals surface area contributed by atoms with Gasteiger partial charge in [0, 0.05) is 19.2 Å². The first-order valence-electron chi connectivity index (χ1n) is 5.79. The van der Waals surface area contributed by atoms with Crippen molar-refractivity contribution >= 4 is 23.2 Å². The Morgan fingerprint density at radius 3 is 2.79 bits per heavy atom. The largest absolute Gasteiger partial charge is 0.381 e. The van der Waals surface area contributed by atoms with Gasteiger partial charge in [-0.2, -0.15) is 0 Å². The second kappa shape index (κ2) is 5.54. The first-order valence-corrected chi connectivity index (χ1v) is 6.17. The maximum absolute atomic E-state index is 12.0. The summed E-state index contributed by atoms with van der Waals surface area (Å²) in [6.07, 6.45) is 1.66. The van der Waals surface area contributed by atoms with E-state index in [0.717, 1.165) is 12.8 Å². The first kappa shape index (κ1) is 13.8. The van der Waals surface area contributed by atoms with Gasteiger partial charge in [-0.15, -0.1) is 0 Å². The highest BCUT2D eigenvalue weighted by Gasteiger charge is 2.31. The van der Waals surface area contributed by atoms with Crippen LogP contribution in [0.15, 0.2) is 18.2 Å². The van der Waals surface area contributed by atoms with E-state index in [1.807, 2.05) is 0 Å². The molecule has 1 aromatic carbocycles. The zero-order valence-corrected chi connectivity index (χ0v) is 11.0. The predicted molar refractivity (Wildman–Crippen MR) is 69.4 cm³/mol. The molecule has 1 amide bonds. The maximum Gasteiger partial charge on any atom is 0.288 e. The van der Waals surface area contributed by atoms with Crippen molar-refractivity contribution in [2.75, 3.05) is 7.11 Å². The summed E-state index contributed by atoms with van der Waals surface area (Å²) in [6.45, 7) is 0. The minimum atomic E-state index is -0.608. The molecule has 19 heavy (non-hydrogen) atoms. The highest BCUT2D eigenvalue weighted by Crippen LogP contribution is 2.29. The lowest BCUT2D eigenvalue weighted by atomic mass is 9.89. The van der Waals surface area contributed by atoms with E-state index < -0.39 is 10.8 Å². The number of nitro groups is 1. The third kappa shape index (κ3) is 2.85. The Morgan fingerprint density at radius 1 is 1.53 bits per heavy atom. The molecule has 1 saturated carbocycles. The summed E-state index contributed by atoms with van der Waals surface area (Å²) in [6, 6.07) is 4.21. The summed E-state index contributed by atoms with van der Waals surface area (Å²) in [7, 11) is 1.63. The molecule has 6 nitrogen and oxygen atoms in total. The second-order valence-electron chi connectivity index (χ2n) is 4.40. The fourth-order valence-electron chi connectivity index (χ4n) is 1.98. The zero-order valence-electron chi connectivity index (χ0n) is 10.3. The van der Waals surface area contributed by atoms with E-state index in [2.05, 4.69) is 5.32 Å². The van der Waals surface area contributed by atoms with E-state index in [4.69, 9.17) is 16.3 Å². The third-order valence-electron chi connectivity index (χ3n) is 3.18. The molecule has 1 N–H and O–H groups in total. The lowest BCUT2D eigenvalue weighted by Crippen LogP contribution is -2.47. The Balaban J connectivity index is 2.08. The Labute approximate surface area is 114 Å². The molecule has 7 heteroatoms. The Bertz CT molecular complexity index is 514. The Hall–Kier alpha value is -1.66. The molecule has 0 radical (unpaired) electrons. The van der Waals surface area contributed by atoms with Gasteiger partial charge in [-0.1, -0.05) is 17.7 Å². The van der Waals surface area contributed by atoms with Crippen molar-refractivity contribution in [1.29, 1.82) is 0 Å². The minimum Gasteiger partial charge on any atom is -0.381 e. The zero-order chi connectivity index (χ0) is 14.0. The fraction of sp³-hybridized carbons (Fsp3) is 0.417. The van der Waals surface area contributed by atoms with Crippen LogP contribution < -0.4 is 5.32 Å². The maximum atomic E-state index is 12.0. The van der Waals surface area contributed by atoms with Crippen LogP contribution in [0.2, 0.25) is 5.02 Å². The highest BCUT2D eigenvalue weighted by atomic mass is 35.5. The summed E-state index contributed by atoms with van der Waals surface area (Å²) in [4.78, 5) is 22.1. The van der Waals surface area contributed by atoms with Crippen molar-refractivity contribution in [2.45, 2.75) is 25.0 Å². The van der Waals surface area contributed by atoms with Crippen LogP contribution in [0.1, 0.15) is 23.2 Å². The number of nitrogens with one attached hydrogen (secondary N) is 1. The van der Waals surface area contributed by atoms with Crippen LogP contribution in [-0.2, 0) is 4.74 Å². The number of nitrogens with zero attached hydrogens (tertiary/aromatic N) is 1. The summed E-state index contributed by atoms with van der Waals surface area (Å²) in [5.41, 5.74) is -0.144. The van der Waals surface area contributed by atoms with Crippen molar-refractivity contribution in [3.63, 3.8) is 0 Å². The van der Waals surface area contributed by atoms with Gasteiger partial charge in [-0.05, 0) is 18.9 Å². The number of methoxy groups -OCH3 is 1. The van der Waals surface area contributed by atoms with E-state index in [9.17, 15) is 14.9 Å². The van der Waals surface area contributed by atoms with E-state index in [-0.39, 0.29) is 28.4 Å². The molecule has 102 valence electrons. The average molecular weight is 285 g/mol. The van der Waals surface area contributed by atoms with Crippen LogP contribution in [0.25, 0.3) is 0 Å². The van der Waals surface area contributed by atoms with Gasteiger partial charge in [0.05, 0.1) is 16.6 Å². The smallest absolute Gasteiger partial charge is 0.288 e. The Morgan fingerprint density at radius 2 is 2.21 bits per heavy atom. The number of hydrogen-bond donors (Lipinski definition) is 1. The standard InChI is InChI=1S/C12H13ClN2O4/c1-19-8-5-7(6-8)14-12(16)9-3-2-4-10(11(9)13)15(17)18/h2-4,7-8H,5-6H2,1H3,(H,14,16). The monoisotopic (exact) mass is 284 g/mol. The molecular weight excluding hydrogens is 272 g/mol. The van der Waals surface area contributed by atoms with Gasteiger partial charge in [0.25, 0.3) is 11.6 Å². The summed E-state index contributed by atoms with van der Waals surface area (Å²) < 4.78 is 5.11. The second-order valence-corrected chi connectivity index (χ2v) is 4.77. The molecule has 1 fully saturated rings. The van der Waals surface area contributed by atoms with E-state index in [1.54, 1.807) is 7.11 Å². The van der Waals surface area contributed by atoms with Crippen molar-refractivity contribution in [3.8, 4) is 0 Å². The SMILES string of the molecule is COC1CC(NC(=O)c2cccc([N+](=O)[O-])c2Cl)C1. The number of ether oxygens (including phenoxy) is 1. The van der Waals surface area contributed by atoms with Crippen LogP contribution in [0, 0.1) is 10.1 Å². The molecule has 0 saturated heterocycles. The number of benzene rings is 1. The minimum absolute atomic E-state index is 0.0350. The van der Waals surface area contributed by atoms with Crippen LogP contribution in [0.3, 0.4) is 0 Å². The molecule has 0 atom stereocenters. The number of rotatable bonds is 4. The lowest BCUT2D eigenvalue weighted by Gasteiger charge is -2.34. The molecule has 0 spiro atoms. The van der Waals surface area contributed by atoms with Gasteiger partial charge in [0.15, 0.2) is 0 Å². The first-order chi connectivity index (χ1) is 9.02. The van der Waals surface area contributed by atoms with Crippen molar-refractivity contribution in [1.82, 2.24) is 5.32 Å². The van der Waals surface area contributed by atoms with Crippen LogP contribution in [-0.4, -0.2) is 30.1 Å². The highest BCUT2D eigenvalue weighted by molar-refractivity contribution is 6.35. The van der Waals surface area contributed by atoms with Gasteiger partial charge in [0.1, 0.15) is 5.02 Å². The lowest BCUT2D eigenvalue weighted by molar-refractivity contribution is -0.384. The molecule has 1 aliphatic rings. The fourth-order valence-corrected chi connectivity index (χ4v) is 2.26. The van der Waals surface area contributed by atoms with Crippen molar-refractivity contribution < 1.29 is 14.5 Å². The molecule has 0 unspecified atom stereocenters.